The number of hydrogen-bond donors (Lipinski definition) is 3. The van der Waals surface area contributed by atoms with Crippen molar-refractivity contribution in [1.29, 1.82) is 0 Å². The molecule has 0 aliphatic heterocycles. The first-order valence-corrected chi connectivity index (χ1v) is 10.6. The Morgan fingerprint density at radius 2 is 1.73 bits per heavy atom. The quantitative estimate of drug-likeness (QED) is 0.405. The molecule has 0 saturated heterocycles. The summed E-state index contributed by atoms with van der Waals surface area (Å²) < 4.78 is 5.65. The van der Waals surface area contributed by atoms with Gasteiger partial charge in [-0.05, 0) is 75.0 Å². The van der Waals surface area contributed by atoms with E-state index in [-0.39, 0.29) is 23.0 Å². The molecule has 0 aliphatic carbocycles. The summed E-state index contributed by atoms with van der Waals surface area (Å²) in [4.78, 5) is 24.5. The minimum atomic E-state index is -0.321. The van der Waals surface area contributed by atoms with Gasteiger partial charge < -0.3 is 15.4 Å². The lowest BCUT2D eigenvalue weighted by molar-refractivity contribution is 0.0941. The Morgan fingerprint density at radius 3 is 2.40 bits per heavy atom. The third-order valence-electron chi connectivity index (χ3n) is 4.16. The topological polar surface area (TPSA) is 79.5 Å². The fraction of sp³-hybridized carbons (Fsp3) is 0.348. The van der Waals surface area contributed by atoms with Crippen LogP contribution in [0.1, 0.15) is 60.7 Å². The normalized spacial score (nSPS) is 10.4. The van der Waals surface area contributed by atoms with Crippen molar-refractivity contribution in [2.24, 2.45) is 0 Å². The Labute approximate surface area is 183 Å². The van der Waals surface area contributed by atoms with Crippen LogP contribution in [0.5, 0.6) is 5.75 Å². The van der Waals surface area contributed by atoms with Gasteiger partial charge in [0.2, 0.25) is 0 Å². The van der Waals surface area contributed by atoms with E-state index in [1.54, 1.807) is 48.5 Å². The van der Waals surface area contributed by atoms with Crippen LogP contribution in [0.3, 0.4) is 0 Å². The Kier molecular flexibility index (Phi) is 9.28. The molecule has 0 atom stereocenters. The summed E-state index contributed by atoms with van der Waals surface area (Å²) in [6, 6.07) is 13.9. The van der Waals surface area contributed by atoms with Gasteiger partial charge in [-0.1, -0.05) is 25.8 Å². The van der Waals surface area contributed by atoms with Crippen LogP contribution in [0.2, 0.25) is 0 Å². The number of benzene rings is 2. The first-order valence-electron chi connectivity index (χ1n) is 10.1. The van der Waals surface area contributed by atoms with Crippen molar-refractivity contribution in [1.82, 2.24) is 10.6 Å². The molecular formula is C23H29N3O3S. The van der Waals surface area contributed by atoms with Crippen molar-refractivity contribution >= 4 is 34.8 Å². The fourth-order valence-electron chi connectivity index (χ4n) is 2.67. The molecule has 0 saturated carbocycles. The largest absolute Gasteiger partial charge is 0.494 e. The highest BCUT2D eigenvalue weighted by Gasteiger charge is 2.10. The number of carbonyl (C=O) groups excluding carboxylic acids is 2. The van der Waals surface area contributed by atoms with Crippen molar-refractivity contribution in [3.8, 4) is 5.75 Å². The summed E-state index contributed by atoms with van der Waals surface area (Å²) in [5, 5.41) is 8.57. The second kappa shape index (κ2) is 11.9. The van der Waals surface area contributed by atoms with E-state index in [0.717, 1.165) is 25.0 Å². The Balaban J connectivity index is 1.88. The van der Waals surface area contributed by atoms with E-state index < -0.39 is 0 Å². The molecule has 0 bridgehead atoms. The van der Waals surface area contributed by atoms with Gasteiger partial charge in [-0.3, -0.25) is 14.9 Å². The monoisotopic (exact) mass is 427 g/mol. The Bertz CT molecular complexity index is 866. The molecule has 0 radical (unpaired) electrons. The molecule has 0 heterocycles. The minimum Gasteiger partial charge on any atom is -0.494 e. The molecule has 7 heteroatoms. The van der Waals surface area contributed by atoms with Crippen LogP contribution in [-0.2, 0) is 0 Å². The molecule has 2 amide bonds. The number of thiocarbonyl (C=S) groups is 1. The van der Waals surface area contributed by atoms with Gasteiger partial charge in [0.05, 0.1) is 6.61 Å². The molecule has 2 rings (SSSR count). The predicted molar refractivity (Wildman–Crippen MR) is 124 cm³/mol. The number of carbonyl (C=O) groups is 2. The lowest BCUT2D eigenvalue weighted by Crippen LogP contribution is -2.34. The number of nitrogens with one attached hydrogen (secondary N) is 3. The van der Waals surface area contributed by atoms with Crippen LogP contribution in [0.4, 0.5) is 5.69 Å². The molecule has 0 aliphatic rings. The maximum Gasteiger partial charge on any atom is 0.257 e. The molecule has 0 unspecified atom stereocenters. The zero-order valence-electron chi connectivity index (χ0n) is 17.7. The summed E-state index contributed by atoms with van der Waals surface area (Å²) in [6.07, 6.45) is 3.29. The van der Waals surface area contributed by atoms with Crippen molar-refractivity contribution < 1.29 is 14.3 Å². The lowest BCUT2D eigenvalue weighted by Gasteiger charge is -2.12. The lowest BCUT2D eigenvalue weighted by atomic mass is 10.2. The number of anilines is 1. The number of unbranched alkanes of at least 4 members (excludes halogenated alkanes) is 2. The number of hydrogen-bond acceptors (Lipinski definition) is 4. The SMILES string of the molecule is CCCCCOc1ccc(C(=O)NC(=S)Nc2cccc(C(=O)NC(C)C)c2)cc1. The molecule has 2 aromatic carbocycles. The van der Waals surface area contributed by atoms with Crippen LogP contribution in [0.15, 0.2) is 48.5 Å². The first kappa shape index (κ1) is 23.3. The predicted octanol–water partition coefficient (Wildman–Crippen LogP) is 4.52. The molecule has 160 valence electrons. The van der Waals surface area contributed by atoms with E-state index in [1.807, 2.05) is 13.8 Å². The zero-order valence-corrected chi connectivity index (χ0v) is 18.5. The zero-order chi connectivity index (χ0) is 21.9. The van der Waals surface area contributed by atoms with Crippen LogP contribution in [-0.4, -0.2) is 29.6 Å². The van der Waals surface area contributed by atoms with Crippen molar-refractivity contribution in [2.75, 3.05) is 11.9 Å². The second-order valence-electron chi connectivity index (χ2n) is 7.20. The fourth-order valence-corrected chi connectivity index (χ4v) is 2.88. The van der Waals surface area contributed by atoms with Crippen LogP contribution in [0, 0.1) is 0 Å². The van der Waals surface area contributed by atoms with Crippen molar-refractivity contribution in [2.45, 2.75) is 46.1 Å². The summed E-state index contributed by atoms with van der Waals surface area (Å²) >= 11 is 5.23. The van der Waals surface area contributed by atoms with Gasteiger partial charge in [0, 0.05) is 22.9 Å². The highest BCUT2D eigenvalue weighted by atomic mass is 32.1. The van der Waals surface area contributed by atoms with Crippen molar-refractivity contribution in [3.05, 3.63) is 59.7 Å². The van der Waals surface area contributed by atoms with E-state index in [1.165, 1.54) is 0 Å². The summed E-state index contributed by atoms with van der Waals surface area (Å²) in [6.45, 7) is 6.61. The maximum atomic E-state index is 12.4. The molecular weight excluding hydrogens is 398 g/mol. The molecule has 3 N–H and O–H groups in total. The van der Waals surface area contributed by atoms with Crippen LogP contribution in [0.25, 0.3) is 0 Å². The van der Waals surface area contributed by atoms with Gasteiger partial charge in [0.1, 0.15) is 5.75 Å². The summed E-state index contributed by atoms with van der Waals surface area (Å²) in [5.41, 5.74) is 1.61. The van der Waals surface area contributed by atoms with E-state index in [0.29, 0.717) is 23.4 Å². The van der Waals surface area contributed by atoms with Gasteiger partial charge in [-0.2, -0.15) is 0 Å². The molecule has 0 fully saturated rings. The average Bonchev–Trinajstić information content (AvgIpc) is 2.71. The van der Waals surface area contributed by atoms with Gasteiger partial charge in [-0.25, -0.2) is 0 Å². The Morgan fingerprint density at radius 1 is 1.00 bits per heavy atom. The molecule has 30 heavy (non-hydrogen) atoms. The highest BCUT2D eigenvalue weighted by molar-refractivity contribution is 7.80. The highest BCUT2D eigenvalue weighted by Crippen LogP contribution is 2.14. The van der Waals surface area contributed by atoms with Gasteiger partial charge in [0.25, 0.3) is 11.8 Å². The van der Waals surface area contributed by atoms with Gasteiger partial charge in [0.15, 0.2) is 5.11 Å². The minimum absolute atomic E-state index is 0.0441. The van der Waals surface area contributed by atoms with E-state index in [2.05, 4.69) is 22.9 Å². The number of ether oxygens (including phenoxy) is 1. The summed E-state index contributed by atoms with van der Waals surface area (Å²) in [5.74, 6) is 0.249. The van der Waals surface area contributed by atoms with Crippen LogP contribution < -0.4 is 20.7 Å². The summed E-state index contributed by atoms with van der Waals surface area (Å²) in [7, 11) is 0. The molecule has 0 spiro atoms. The third-order valence-corrected chi connectivity index (χ3v) is 4.37. The van der Waals surface area contributed by atoms with E-state index in [4.69, 9.17) is 17.0 Å². The maximum absolute atomic E-state index is 12.4. The average molecular weight is 428 g/mol. The Hall–Kier alpha value is -2.93. The first-order chi connectivity index (χ1) is 14.4. The van der Waals surface area contributed by atoms with Crippen molar-refractivity contribution in [3.63, 3.8) is 0 Å². The third kappa shape index (κ3) is 7.83. The number of rotatable bonds is 9. The smallest absolute Gasteiger partial charge is 0.257 e. The molecule has 2 aromatic rings. The van der Waals surface area contributed by atoms with E-state index in [9.17, 15) is 9.59 Å². The molecule has 6 nitrogen and oxygen atoms in total. The van der Waals surface area contributed by atoms with Gasteiger partial charge >= 0.3 is 0 Å². The number of amides is 2. The van der Waals surface area contributed by atoms with Gasteiger partial charge in [-0.15, -0.1) is 0 Å². The molecule has 0 aromatic heterocycles. The second-order valence-corrected chi connectivity index (χ2v) is 7.61. The van der Waals surface area contributed by atoms with Crippen LogP contribution >= 0.6 is 12.2 Å². The standard InChI is InChI=1S/C23H29N3O3S/c1-4-5-6-14-29-20-12-10-17(11-13-20)21(27)26-23(30)25-19-9-7-8-18(15-19)22(28)24-16(2)3/h7-13,15-16H,4-6,14H2,1-3H3,(H,24,28)(H2,25,26,27,30). The van der Waals surface area contributed by atoms with E-state index >= 15 is 0 Å².